The molecule has 0 atom stereocenters. The van der Waals surface area contributed by atoms with Crippen molar-refractivity contribution >= 4 is 23.0 Å². The highest BCUT2D eigenvalue weighted by atomic mass is 32.1. The summed E-state index contributed by atoms with van der Waals surface area (Å²) in [6.07, 6.45) is -4.43. The summed E-state index contributed by atoms with van der Waals surface area (Å²) >= 11 is 1.63. The molecule has 0 bridgehead atoms. The lowest BCUT2D eigenvalue weighted by atomic mass is 10.0. The molecule has 0 amide bonds. The summed E-state index contributed by atoms with van der Waals surface area (Å²) < 4.78 is 46.3. The maximum absolute atomic E-state index is 13.7. The van der Waals surface area contributed by atoms with Crippen molar-refractivity contribution in [1.29, 1.82) is 0 Å². The van der Waals surface area contributed by atoms with Gasteiger partial charge in [0.05, 0.1) is 25.3 Å². The number of ether oxygens (including phenoxy) is 1. The van der Waals surface area contributed by atoms with Gasteiger partial charge in [0.2, 0.25) is 0 Å². The van der Waals surface area contributed by atoms with Crippen molar-refractivity contribution in [2.24, 2.45) is 4.99 Å². The Bertz CT molecular complexity index is 844. The number of alkyl halides is 3. The Morgan fingerprint density at radius 3 is 2.52 bits per heavy atom. The number of thiophene rings is 1. The van der Waals surface area contributed by atoms with E-state index in [-0.39, 0.29) is 12.1 Å². The highest BCUT2D eigenvalue weighted by Crippen LogP contribution is 2.35. The molecule has 1 fully saturated rings. The molecule has 29 heavy (non-hydrogen) atoms. The van der Waals surface area contributed by atoms with Crippen LogP contribution in [0.25, 0.3) is 0 Å². The fraction of sp³-hybridized carbons (Fsp3) is 0.450. The first-order chi connectivity index (χ1) is 13.9. The van der Waals surface area contributed by atoms with E-state index in [1.807, 2.05) is 23.3 Å². The summed E-state index contributed by atoms with van der Waals surface area (Å²) in [5, 5.41) is 8.15. The van der Waals surface area contributed by atoms with Crippen LogP contribution in [0, 0.1) is 6.92 Å². The van der Waals surface area contributed by atoms with Crippen molar-refractivity contribution in [1.82, 2.24) is 10.6 Å². The molecule has 0 saturated carbocycles. The molecule has 158 valence electrons. The number of hydrogen-bond acceptors (Lipinski definition) is 4. The third-order valence-electron chi connectivity index (χ3n) is 4.83. The van der Waals surface area contributed by atoms with Crippen molar-refractivity contribution in [2.45, 2.75) is 26.2 Å². The third-order valence-corrected chi connectivity index (χ3v) is 5.85. The molecule has 1 aliphatic rings. The highest BCUT2D eigenvalue weighted by molar-refractivity contribution is 7.10. The lowest BCUT2D eigenvalue weighted by Crippen LogP contribution is -2.37. The van der Waals surface area contributed by atoms with Gasteiger partial charge in [0.25, 0.3) is 0 Å². The first kappa shape index (κ1) is 21.4. The van der Waals surface area contributed by atoms with Gasteiger partial charge in [-0.2, -0.15) is 13.2 Å². The summed E-state index contributed by atoms with van der Waals surface area (Å²) in [5.41, 5.74) is 1.30. The molecule has 2 heterocycles. The number of rotatable bonds is 5. The average Bonchev–Trinajstić information content (AvgIpc) is 3.13. The van der Waals surface area contributed by atoms with E-state index in [4.69, 9.17) is 4.74 Å². The van der Waals surface area contributed by atoms with Crippen molar-refractivity contribution in [3.05, 3.63) is 51.2 Å². The monoisotopic (exact) mass is 426 g/mol. The molecule has 0 spiro atoms. The normalized spacial score (nSPS) is 15.5. The summed E-state index contributed by atoms with van der Waals surface area (Å²) in [7, 11) is 1.60. The molecule has 0 radical (unpaired) electrons. The van der Waals surface area contributed by atoms with Crippen molar-refractivity contribution < 1.29 is 17.9 Å². The number of aryl methyl sites for hydroxylation is 1. The Labute approximate surface area is 172 Å². The van der Waals surface area contributed by atoms with Crippen LogP contribution < -0.4 is 15.5 Å². The van der Waals surface area contributed by atoms with E-state index in [0.29, 0.717) is 44.5 Å². The second-order valence-corrected chi connectivity index (χ2v) is 7.75. The summed E-state index contributed by atoms with van der Waals surface area (Å²) in [4.78, 5) is 7.19. The molecule has 1 aromatic carbocycles. The maximum atomic E-state index is 13.7. The van der Waals surface area contributed by atoms with E-state index in [1.54, 1.807) is 24.5 Å². The number of aliphatic imine (C=N–C) groups is 1. The van der Waals surface area contributed by atoms with E-state index >= 15 is 0 Å². The third kappa shape index (κ3) is 5.63. The second-order valence-electron chi connectivity index (χ2n) is 6.74. The van der Waals surface area contributed by atoms with Gasteiger partial charge < -0.3 is 20.3 Å². The average molecular weight is 427 g/mol. The number of benzene rings is 1. The number of anilines is 1. The van der Waals surface area contributed by atoms with Crippen LogP contribution >= 0.6 is 11.3 Å². The quantitative estimate of drug-likeness (QED) is 0.564. The largest absolute Gasteiger partial charge is 0.416 e. The fourth-order valence-electron chi connectivity index (χ4n) is 3.15. The lowest BCUT2D eigenvalue weighted by molar-refractivity contribution is -0.138. The zero-order valence-electron chi connectivity index (χ0n) is 16.5. The minimum atomic E-state index is -4.43. The Morgan fingerprint density at radius 2 is 1.90 bits per heavy atom. The van der Waals surface area contributed by atoms with Gasteiger partial charge in [0.1, 0.15) is 0 Å². The van der Waals surface area contributed by atoms with Crippen LogP contribution in [0.1, 0.15) is 21.6 Å². The Balaban J connectivity index is 1.69. The topological polar surface area (TPSA) is 48.9 Å². The molecule has 3 rings (SSSR count). The summed E-state index contributed by atoms with van der Waals surface area (Å²) in [5.74, 6) is 0.461. The van der Waals surface area contributed by atoms with Crippen LogP contribution in [0.15, 0.2) is 34.6 Å². The smallest absolute Gasteiger partial charge is 0.378 e. The van der Waals surface area contributed by atoms with Gasteiger partial charge in [-0.15, -0.1) is 11.3 Å². The van der Waals surface area contributed by atoms with E-state index in [2.05, 4.69) is 15.6 Å². The van der Waals surface area contributed by atoms with Crippen LogP contribution in [0.3, 0.4) is 0 Å². The number of nitrogens with one attached hydrogen (secondary N) is 2. The number of hydrogen-bond donors (Lipinski definition) is 2. The second kappa shape index (κ2) is 9.49. The summed E-state index contributed by atoms with van der Waals surface area (Å²) in [6, 6.07) is 6.54. The maximum Gasteiger partial charge on any atom is 0.416 e. The molecule has 1 aromatic heterocycles. The highest BCUT2D eigenvalue weighted by Gasteiger charge is 2.34. The fourth-order valence-corrected chi connectivity index (χ4v) is 4.00. The van der Waals surface area contributed by atoms with E-state index in [9.17, 15) is 13.2 Å². The number of halogens is 3. The zero-order chi connectivity index (χ0) is 20.9. The number of nitrogens with zero attached hydrogens (tertiary/aromatic N) is 2. The van der Waals surface area contributed by atoms with Crippen molar-refractivity contribution in [2.75, 3.05) is 38.3 Å². The SMILES string of the molecule is CN=C(NCc1ccc(N2CCOCC2)cc1C(F)(F)F)NCc1sccc1C. The van der Waals surface area contributed by atoms with E-state index < -0.39 is 11.7 Å². The van der Waals surface area contributed by atoms with Crippen molar-refractivity contribution in [3.63, 3.8) is 0 Å². The Kier molecular flexibility index (Phi) is 7.02. The molecule has 0 aliphatic carbocycles. The Hall–Kier alpha value is -2.26. The van der Waals surface area contributed by atoms with Crippen molar-refractivity contribution in [3.8, 4) is 0 Å². The molecule has 2 N–H and O–H groups in total. The first-order valence-corrected chi connectivity index (χ1v) is 10.3. The molecule has 0 unspecified atom stereocenters. The van der Waals surface area contributed by atoms with Gasteiger partial charge in [-0.05, 0) is 41.6 Å². The Morgan fingerprint density at radius 1 is 1.17 bits per heavy atom. The van der Waals surface area contributed by atoms with E-state index in [1.165, 1.54) is 22.6 Å². The van der Waals surface area contributed by atoms with Gasteiger partial charge in [0, 0.05) is 37.2 Å². The molecule has 1 aliphatic heterocycles. The van der Waals surface area contributed by atoms with E-state index in [0.717, 1.165) is 0 Å². The molecular weight excluding hydrogens is 401 g/mol. The molecule has 1 saturated heterocycles. The minimum Gasteiger partial charge on any atom is -0.378 e. The lowest BCUT2D eigenvalue weighted by Gasteiger charge is -2.29. The van der Waals surface area contributed by atoms with Gasteiger partial charge >= 0.3 is 6.18 Å². The predicted octanol–water partition coefficient (Wildman–Crippen LogP) is 3.78. The predicted molar refractivity (Wildman–Crippen MR) is 111 cm³/mol. The van der Waals surface area contributed by atoms with Gasteiger partial charge in [-0.1, -0.05) is 6.07 Å². The van der Waals surface area contributed by atoms with Gasteiger partial charge in [0.15, 0.2) is 5.96 Å². The zero-order valence-corrected chi connectivity index (χ0v) is 17.3. The van der Waals surface area contributed by atoms with Crippen LogP contribution in [0.2, 0.25) is 0 Å². The molecule has 9 heteroatoms. The first-order valence-electron chi connectivity index (χ1n) is 9.39. The van der Waals surface area contributed by atoms with Gasteiger partial charge in [-0.3, -0.25) is 4.99 Å². The summed E-state index contributed by atoms with van der Waals surface area (Å²) in [6.45, 7) is 4.86. The molecule has 2 aromatic rings. The molecular formula is C20H25F3N4OS. The number of guanidine groups is 1. The van der Waals surface area contributed by atoms with Crippen LogP contribution in [0.4, 0.5) is 18.9 Å². The van der Waals surface area contributed by atoms with Crippen LogP contribution in [0.5, 0.6) is 0 Å². The number of morpholine rings is 1. The molecule has 5 nitrogen and oxygen atoms in total. The van der Waals surface area contributed by atoms with Gasteiger partial charge in [-0.25, -0.2) is 0 Å². The minimum absolute atomic E-state index is 0.0291. The van der Waals surface area contributed by atoms with Crippen LogP contribution in [-0.2, 0) is 24.0 Å². The van der Waals surface area contributed by atoms with Crippen LogP contribution in [-0.4, -0.2) is 39.3 Å². The standard InChI is InChI=1S/C20H25F3N4OS/c1-14-5-10-29-18(14)13-26-19(24-2)25-12-15-3-4-16(11-17(15)20(21,22)23)27-6-8-28-9-7-27/h3-5,10-11H,6-9,12-13H2,1-2H3,(H2,24,25,26).